The lowest BCUT2D eigenvalue weighted by atomic mass is 9.99. The number of fused-ring (bicyclic) bond motifs is 1. The van der Waals surface area contributed by atoms with Crippen molar-refractivity contribution in [3.05, 3.63) is 35.5 Å². The number of H-pyrrole nitrogens is 1. The van der Waals surface area contributed by atoms with Gasteiger partial charge in [-0.25, -0.2) is 0 Å². The van der Waals surface area contributed by atoms with Crippen LogP contribution in [0.5, 0.6) is 0 Å². The average Bonchev–Trinajstić information content (AvgIpc) is 3.07. The van der Waals surface area contributed by atoms with E-state index in [-0.39, 0.29) is 5.92 Å². The molecule has 1 fully saturated rings. The van der Waals surface area contributed by atoms with Crippen LogP contribution in [0.4, 0.5) is 0 Å². The SMILES string of the molecule is CC(C)c1ccc2[nH]cc(C(=O)C3CC3)c2c1. The highest BCUT2D eigenvalue weighted by atomic mass is 16.1. The number of benzene rings is 1. The van der Waals surface area contributed by atoms with Gasteiger partial charge in [0.25, 0.3) is 0 Å². The molecular formula is C15H17NO. The van der Waals surface area contributed by atoms with Gasteiger partial charge in [-0.15, -0.1) is 0 Å². The lowest BCUT2D eigenvalue weighted by molar-refractivity contribution is 0.0969. The number of aromatic amines is 1. The Morgan fingerprint density at radius 1 is 1.35 bits per heavy atom. The third kappa shape index (κ3) is 1.78. The van der Waals surface area contributed by atoms with Gasteiger partial charge < -0.3 is 4.98 Å². The standard InChI is InChI=1S/C15H17NO/c1-9(2)11-5-6-14-12(7-11)13(8-16-14)15(17)10-3-4-10/h5-10,16H,3-4H2,1-2H3. The van der Waals surface area contributed by atoms with Crippen LogP contribution in [0.1, 0.15) is 48.5 Å². The van der Waals surface area contributed by atoms with E-state index >= 15 is 0 Å². The molecule has 0 aliphatic heterocycles. The summed E-state index contributed by atoms with van der Waals surface area (Å²) in [5, 5.41) is 1.09. The Morgan fingerprint density at radius 2 is 2.12 bits per heavy atom. The predicted molar refractivity (Wildman–Crippen MR) is 69.4 cm³/mol. The number of Topliss-reactive ketones (excluding diaryl/α,β-unsaturated/α-hetero) is 1. The van der Waals surface area contributed by atoms with Crippen LogP contribution >= 0.6 is 0 Å². The number of hydrogen-bond acceptors (Lipinski definition) is 1. The van der Waals surface area contributed by atoms with Crippen molar-refractivity contribution >= 4 is 16.7 Å². The van der Waals surface area contributed by atoms with Gasteiger partial charge in [-0.1, -0.05) is 19.9 Å². The second kappa shape index (κ2) is 3.73. The maximum absolute atomic E-state index is 12.1. The van der Waals surface area contributed by atoms with E-state index in [4.69, 9.17) is 0 Å². The van der Waals surface area contributed by atoms with Crippen LogP contribution < -0.4 is 0 Å². The van der Waals surface area contributed by atoms with Crippen LogP contribution in [-0.2, 0) is 0 Å². The number of hydrogen-bond donors (Lipinski definition) is 1. The van der Waals surface area contributed by atoms with Crippen LogP contribution in [-0.4, -0.2) is 10.8 Å². The monoisotopic (exact) mass is 227 g/mol. The molecule has 1 aromatic heterocycles. The van der Waals surface area contributed by atoms with Crippen LogP contribution in [0.3, 0.4) is 0 Å². The van der Waals surface area contributed by atoms with Crippen molar-refractivity contribution in [2.24, 2.45) is 5.92 Å². The first-order valence-electron chi connectivity index (χ1n) is 6.32. The second-order valence-electron chi connectivity index (χ2n) is 5.30. The molecule has 0 atom stereocenters. The first-order chi connectivity index (χ1) is 8.16. The van der Waals surface area contributed by atoms with Crippen molar-refractivity contribution in [1.29, 1.82) is 0 Å². The molecule has 0 saturated heterocycles. The molecule has 17 heavy (non-hydrogen) atoms. The highest BCUT2D eigenvalue weighted by molar-refractivity contribution is 6.09. The van der Waals surface area contributed by atoms with Gasteiger partial charge in [0, 0.05) is 28.6 Å². The molecule has 3 rings (SSSR count). The van der Waals surface area contributed by atoms with Crippen LogP contribution in [0.25, 0.3) is 10.9 Å². The fourth-order valence-electron chi connectivity index (χ4n) is 2.27. The van der Waals surface area contributed by atoms with Crippen molar-refractivity contribution in [3.63, 3.8) is 0 Å². The summed E-state index contributed by atoms with van der Waals surface area (Å²) in [5.41, 5.74) is 3.24. The smallest absolute Gasteiger partial charge is 0.168 e. The zero-order chi connectivity index (χ0) is 12.0. The van der Waals surface area contributed by atoms with E-state index in [9.17, 15) is 4.79 Å². The topological polar surface area (TPSA) is 32.9 Å². The zero-order valence-electron chi connectivity index (χ0n) is 10.3. The first kappa shape index (κ1) is 10.6. The van der Waals surface area contributed by atoms with Gasteiger partial charge in [0.1, 0.15) is 0 Å². The van der Waals surface area contributed by atoms with E-state index in [2.05, 4.69) is 37.0 Å². The van der Waals surface area contributed by atoms with Gasteiger partial charge in [0.15, 0.2) is 5.78 Å². The van der Waals surface area contributed by atoms with E-state index in [0.717, 1.165) is 29.3 Å². The number of ketones is 1. The molecule has 2 aromatic rings. The Hall–Kier alpha value is -1.57. The van der Waals surface area contributed by atoms with Gasteiger partial charge in [0.05, 0.1) is 0 Å². The number of nitrogens with one attached hydrogen (secondary N) is 1. The Kier molecular flexibility index (Phi) is 2.32. The number of rotatable bonds is 3. The summed E-state index contributed by atoms with van der Waals surface area (Å²) in [7, 11) is 0. The summed E-state index contributed by atoms with van der Waals surface area (Å²) in [6.07, 6.45) is 4.00. The molecule has 1 aromatic carbocycles. The summed E-state index contributed by atoms with van der Waals surface area (Å²) in [6, 6.07) is 6.37. The lowest BCUT2D eigenvalue weighted by Gasteiger charge is -2.05. The number of aromatic nitrogens is 1. The first-order valence-corrected chi connectivity index (χ1v) is 6.32. The zero-order valence-corrected chi connectivity index (χ0v) is 10.3. The molecule has 88 valence electrons. The van der Waals surface area contributed by atoms with Crippen LogP contribution in [0, 0.1) is 5.92 Å². The minimum Gasteiger partial charge on any atom is -0.360 e. The van der Waals surface area contributed by atoms with E-state index < -0.39 is 0 Å². The molecule has 1 aliphatic rings. The molecule has 1 saturated carbocycles. The molecule has 2 heteroatoms. The van der Waals surface area contributed by atoms with Crippen LogP contribution in [0.2, 0.25) is 0 Å². The Labute approximate surface area is 101 Å². The maximum Gasteiger partial charge on any atom is 0.168 e. The molecule has 1 aliphatic carbocycles. The third-order valence-corrected chi connectivity index (χ3v) is 3.59. The van der Waals surface area contributed by atoms with Gasteiger partial charge in [-0.05, 0) is 36.5 Å². The molecule has 2 nitrogen and oxygen atoms in total. The third-order valence-electron chi connectivity index (χ3n) is 3.59. The minimum absolute atomic E-state index is 0.289. The highest BCUT2D eigenvalue weighted by Crippen LogP contribution is 2.35. The summed E-state index contributed by atoms with van der Waals surface area (Å²) >= 11 is 0. The maximum atomic E-state index is 12.1. The normalized spacial score (nSPS) is 15.7. The minimum atomic E-state index is 0.289. The summed E-state index contributed by atoms with van der Waals surface area (Å²) in [5.74, 6) is 1.10. The van der Waals surface area contributed by atoms with Gasteiger partial charge in [0.2, 0.25) is 0 Å². The molecule has 0 bridgehead atoms. The molecule has 0 radical (unpaired) electrons. The van der Waals surface area contributed by atoms with Crippen molar-refractivity contribution in [1.82, 2.24) is 4.98 Å². The molecule has 1 heterocycles. The number of carbonyl (C=O) groups is 1. The lowest BCUT2D eigenvalue weighted by Crippen LogP contribution is -1.99. The quantitative estimate of drug-likeness (QED) is 0.793. The Morgan fingerprint density at radius 3 is 2.76 bits per heavy atom. The van der Waals surface area contributed by atoms with E-state index in [1.54, 1.807) is 0 Å². The van der Waals surface area contributed by atoms with Crippen molar-refractivity contribution in [2.75, 3.05) is 0 Å². The number of carbonyl (C=O) groups excluding carboxylic acids is 1. The molecular weight excluding hydrogens is 210 g/mol. The Bertz CT molecular complexity index is 576. The van der Waals surface area contributed by atoms with Crippen molar-refractivity contribution in [2.45, 2.75) is 32.6 Å². The molecule has 0 spiro atoms. The average molecular weight is 227 g/mol. The van der Waals surface area contributed by atoms with Gasteiger partial charge in [-0.2, -0.15) is 0 Å². The van der Waals surface area contributed by atoms with Crippen molar-refractivity contribution in [3.8, 4) is 0 Å². The molecule has 0 amide bonds. The summed E-state index contributed by atoms with van der Waals surface area (Å²) < 4.78 is 0. The fourth-order valence-corrected chi connectivity index (χ4v) is 2.27. The van der Waals surface area contributed by atoms with Gasteiger partial charge >= 0.3 is 0 Å². The van der Waals surface area contributed by atoms with Gasteiger partial charge in [-0.3, -0.25) is 4.79 Å². The van der Waals surface area contributed by atoms with E-state index in [1.165, 1.54) is 5.56 Å². The van der Waals surface area contributed by atoms with E-state index in [1.807, 2.05) is 6.20 Å². The van der Waals surface area contributed by atoms with Crippen molar-refractivity contribution < 1.29 is 4.79 Å². The second-order valence-corrected chi connectivity index (χ2v) is 5.30. The molecule has 0 unspecified atom stereocenters. The fraction of sp³-hybridized carbons (Fsp3) is 0.400. The van der Waals surface area contributed by atoms with Crippen LogP contribution in [0.15, 0.2) is 24.4 Å². The predicted octanol–water partition coefficient (Wildman–Crippen LogP) is 3.88. The largest absolute Gasteiger partial charge is 0.360 e. The summed E-state index contributed by atoms with van der Waals surface area (Å²) in [4.78, 5) is 15.3. The highest BCUT2D eigenvalue weighted by Gasteiger charge is 2.31. The molecule has 1 N–H and O–H groups in total. The summed E-state index contributed by atoms with van der Waals surface area (Å²) in [6.45, 7) is 4.35. The Balaban J connectivity index is 2.11. The van der Waals surface area contributed by atoms with E-state index in [0.29, 0.717) is 11.7 Å².